The van der Waals surface area contributed by atoms with E-state index < -0.39 is 143 Å². The summed E-state index contributed by atoms with van der Waals surface area (Å²) in [7, 11) is -5.07. The monoisotopic (exact) mass is 1270 g/mol. The van der Waals surface area contributed by atoms with Crippen molar-refractivity contribution in [3.05, 3.63) is 63.9 Å². The van der Waals surface area contributed by atoms with Gasteiger partial charge in [0.25, 0.3) is 0 Å². The van der Waals surface area contributed by atoms with Crippen molar-refractivity contribution in [2.75, 3.05) is 13.2 Å². The third kappa shape index (κ3) is 13.0. The fraction of sp³-hybridized carbons (Fsp3) is 0.629. The van der Waals surface area contributed by atoms with Gasteiger partial charge in [-0.2, -0.15) is 0 Å². The highest BCUT2D eigenvalue weighted by Gasteiger charge is 2.66. The number of nitrogens with zero attached hydrogens (tertiary/aromatic N) is 5. The number of carbonyl (C=O) groups is 7. The zero-order chi connectivity index (χ0) is 66.7. The highest BCUT2D eigenvalue weighted by molar-refractivity contribution is 7.47. The van der Waals surface area contributed by atoms with E-state index in [0.29, 0.717) is 56.4 Å². The average molecular weight is 1270 g/mol. The highest BCUT2D eigenvalue weighted by atomic mass is 31.2. The molecule has 1 aromatic heterocycles. The molecule has 0 spiro atoms. The Morgan fingerprint density at radius 1 is 0.800 bits per heavy atom. The molecule has 28 heteroatoms. The van der Waals surface area contributed by atoms with Crippen molar-refractivity contribution in [2.45, 2.75) is 189 Å². The number of phosphoric acid groups is 1. The number of phosphoric ester groups is 1. The number of hydrogen-bond donors (Lipinski definition) is 11. The first-order valence-corrected chi connectivity index (χ1v) is 32.1. The van der Waals surface area contributed by atoms with E-state index in [2.05, 4.69) is 15.6 Å². The summed E-state index contributed by atoms with van der Waals surface area (Å²) in [6.07, 6.45) is -4.26. The highest BCUT2D eigenvalue weighted by Crippen LogP contribution is 2.63. The zero-order valence-corrected chi connectivity index (χ0v) is 54.1. The van der Waals surface area contributed by atoms with E-state index >= 15 is 0 Å². The Morgan fingerprint density at radius 2 is 1.40 bits per heavy atom. The van der Waals surface area contributed by atoms with E-state index in [1.165, 1.54) is 13.3 Å². The average Bonchev–Trinajstić information content (AvgIpc) is 1.53. The molecule has 7 amide bonds. The normalized spacial score (nSPS) is 32.0. The number of nitrogens with one attached hydrogen (secondary N) is 2. The lowest BCUT2D eigenvalue weighted by Gasteiger charge is -2.48. The molecule has 90 heavy (non-hydrogen) atoms. The van der Waals surface area contributed by atoms with Crippen LogP contribution in [0.3, 0.4) is 0 Å². The van der Waals surface area contributed by atoms with E-state index in [1.807, 2.05) is 87.4 Å². The molecule has 1 unspecified atom stereocenters. The van der Waals surface area contributed by atoms with Crippen molar-refractivity contribution in [3.8, 4) is 0 Å². The smallest absolute Gasteiger partial charge is 0.394 e. The van der Waals surface area contributed by atoms with E-state index in [4.69, 9.17) is 63.2 Å². The largest absolute Gasteiger partial charge is 0.472 e. The third-order valence-corrected chi connectivity index (χ3v) is 21.7. The van der Waals surface area contributed by atoms with Crippen LogP contribution in [0, 0.1) is 59.2 Å². The van der Waals surface area contributed by atoms with Gasteiger partial charge < -0.3 is 69.4 Å². The number of hydrogen-bond acceptors (Lipinski definition) is 18. The maximum Gasteiger partial charge on any atom is 0.472 e. The summed E-state index contributed by atoms with van der Waals surface area (Å²) in [5.41, 5.74) is 37.4. The molecule has 0 saturated carbocycles. The second-order valence-corrected chi connectivity index (χ2v) is 28.4. The number of benzene rings is 1. The van der Waals surface area contributed by atoms with Gasteiger partial charge in [0.2, 0.25) is 41.4 Å². The molecule has 0 radical (unpaired) electrons. The Hall–Kier alpha value is -7.00. The first kappa shape index (κ1) is 68.9. The molecule has 1 aromatic carbocycles. The van der Waals surface area contributed by atoms with E-state index in [0.717, 1.165) is 11.1 Å². The summed E-state index contributed by atoms with van der Waals surface area (Å²) in [6, 6.07) is 2.70. The molecular weight excluding hydrogens is 1180 g/mol. The van der Waals surface area contributed by atoms with Crippen LogP contribution in [0.15, 0.2) is 67.8 Å². The number of primary amides is 6. The van der Waals surface area contributed by atoms with Crippen LogP contribution in [-0.4, -0.2) is 132 Å². The van der Waals surface area contributed by atoms with Gasteiger partial charge in [-0.3, -0.25) is 57.6 Å². The molecule has 6 aliphatic rings. The number of aliphatic hydroxyl groups excluding tert-OH is 2. The van der Waals surface area contributed by atoms with Gasteiger partial charge in [0.1, 0.15) is 18.3 Å². The van der Waals surface area contributed by atoms with Crippen molar-refractivity contribution >= 4 is 77.3 Å². The summed E-state index contributed by atoms with van der Waals surface area (Å²) >= 11 is 0. The van der Waals surface area contributed by atoms with Crippen LogP contribution in [0.1, 0.15) is 150 Å². The van der Waals surface area contributed by atoms with Gasteiger partial charge in [-0.05, 0) is 108 Å². The maximum atomic E-state index is 14.4. The van der Waals surface area contributed by atoms with E-state index in [9.17, 15) is 53.2 Å². The van der Waals surface area contributed by atoms with Gasteiger partial charge in [-0.1, -0.05) is 34.6 Å². The molecule has 2 aromatic rings. The van der Waals surface area contributed by atoms with Gasteiger partial charge in [0.05, 0.1) is 41.7 Å². The summed E-state index contributed by atoms with van der Waals surface area (Å²) in [5.74, 6) is -7.18. The van der Waals surface area contributed by atoms with Gasteiger partial charge >= 0.3 is 7.82 Å². The zero-order valence-electron chi connectivity index (χ0n) is 53.3. The number of imidazole rings is 1. The number of fused-ring (bicyclic) bond motifs is 7. The van der Waals surface area contributed by atoms with Crippen LogP contribution in [0.25, 0.3) is 11.0 Å². The predicted molar refractivity (Wildman–Crippen MR) is 334 cm³/mol. The molecular formula is C62H90N13O14P. The number of aromatic nitrogens is 2. The molecule has 17 N–H and O–H groups in total. The summed E-state index contributed by atoms with van der Waals surface area (Å²) in [4.78, 5) is 126. The third-order valence-electron chi connectivity index (χ3n) is 20.6. The number of carbonyl (C=O) groups excluding carboxylic acids is 7. The topological polar surface area (TPSA) is 460 Å². The Balaban J connectivity index is 1.19. The SMILES string of the molecule is CC1=C2N=C(C=C3NC(=C(C)C4=N[C@@](C)([C@H]5N=C1[C@](C)(CCC(=O)NC[C@@H](C)OP(=O)(O)O[C@H]1[C@@H](O)[C@@H](n6cnc7cc(C)c(C)cc76)O[C@@H]1CO)[C@H]5CC(N)=O)[C@@](C)(CC(N)=O)[C@@H]4CCC(N)=O)[C@@](C)(CC(N)=O)[C@@H]3CCC(N)=O)C(C)(C)[C@@H]2CCC(N)=O. The van der Waals surface area contributed by atoms with Crippen molar-refractivity contribution in [1.82, 2.24) is 20.2 Å². The Morgan fingerprint density at radius 3 is 1.99 bits per heavy atom. The Bertz CT molecular complexity index is 3540. The molecule has 15 atom stereocenters. The minimum Gasteiger partial charge on any atom is -0.394 e. The van der Waals surface area contributed by atoms with E-state index in [1.54, 1.807) is 4.57 Å². The lowest BCUT2D eigenvalue weighted by Crippen LogP contribution is -2.56. The summed E-state index contributed by atoms with van der Waals surface area (Å²) in [5, 5.41) is 28.2. The van der Waals surface area contributed by atoms with Crippen LogP contribution < -0.4 is 45.0 Å². The molecule has 8 rings (SSSR count). The van der Waals surface area contributed by atoms with Crippen molar-refractivity contribution in [1.29, 1.82) is 0 Å². The molecule has 0 aliphatic carbocycles. The van der Waals surface area contributed by atoms with Gasteiger partial charge in [0.15, 0.2) is 6.23 Å². The van der Waals surface area contributed by atoms with Crippen LogP contribution in [0.2, 0.25) is 0 Å². The molecule has 6 aliphatic heterocycles. The van der Waals surface area contributed by atoms with Crippen molar-refractivity contribution < 1.29 is 67.0 Å². The number of amides is 7. The number of rotatable bonds is 26. The molecule has 27 nitrogen and oxygen atoms in total. The number of ether oxygens (including phenoxy) is 1. The molecule has 2 saturated heterocycles. The molecule has 2 fully saturated rings. The minimum atomic E-state index is -5.07. The fourth-order valence-corrected chi connectivity index (χ4v) is 16.6. The van der Waals surface area contributed by atoms with Crippen molar-refractivity contribution in [2.24, 2.45) is 94.7 Å². The summed E-state index contributed by atoms with van der Waals surface area (Å²) in [6.45, 7) is 19.3. The van der Waals surface area contributed by atoms with Crippen LogP contribution in [-0.2, 0) is 51.9 Å². The fourth-order valence-electron chi connectivity index (χ4n) is 15.4. The van der Waals surface area contributed by atoms with Crippen LogP contribution >= 0.6 is 7.82 Å². The van der Waals surface area contributed by atoms with Gasteiger partial charge in [0, 0.05) is 131 Å². The second-order valence-electron chi connectivity index (χ2n) is 27.1. The molecule has 7 heterocycles. The minimum absolute atomic E-state index is 0.0114. The quantitative estimate of drug-likeness (QED) is 0.0603. The van der Waals surface area contributed by atoms with Crippen molar-refractivity contribution in [3.63, 3.8) is 0 Å². The number of nitrogens with two attached hydrogens (primary N) is 6. The predicted octanol–water partition coefficient (Wildman–Crippen LogP) is 3.16. The second kappa shape index (κ2) is 25.6. The number of aliphatic hydroxyl groups is 2. The lowest BCUT2D eigenvalue weighted by atomic mass is 9.55. The van der Waals surface area contributed by atoms with E-state index in [-0.39, 0.29) is 77.2 Å². The molecule has 8 bridgehead atoms. The Labute approximate surface area is 523 Å². The van der Waals surface area contributed by atoms with Gasteiger partial charge in [-0.15, -0.1) is 0 Å². The van der Waals surface area contributed by atoms with Crippen LogP contribution in [0.5, 0.6) is 0 Å². The molecule has 492 valence electrons. The number of allylic oxidation sites excluding steroid dienone is 6. The van der Waals surface area contributed by atoms with Crippen LogP contribution in [0.4, 0.5) is 0 Å². The first-order chi connectivity index (χ1) is 41.8. The first-order valence-electron chi connectivity index (χ1n) is 30.6. The lowest BCUT2D eigenvalue weighted by molar-refractivity contribution is -0.124. The Kier molecular flexibility index (Phi) is 19.6. The maximum absolute atomic E-state index is 14.4. The standard InChI is InChI=1S/C62H90N13O14P/c1-29-20-39-40(21-30(29)2)75(28-70-39)57-52(84)53(41(27-76)87-57)89-90(85,86)88-31(3)26-69-49(83)18-19-59(8)37(22-46(66)80)56-62(11)61(10,25-48(68)82)36(14-17-45(65)79)51(74-62)33(5)55-60(9,24-47(67)81)34(12-15-43(63)77)38(71-55)23-42-58(6,7)35(13-16-44(64)78)50(72-42)32(4)54(59)73-56/h20-21,23,28,31,34-37,41,52-53,56-57,71,76,84H,12-19,22,24-27H2,1-11H3,(H2,63,77)(H2,64,78)(H2,65,79)(H2,66,80)(H2,67,81)(H2,68,82)(H,69,83)(H,85,86)/t31-,34-,35-,36-,37+,41-,52-,53-,56+,57+,59-,60+,61+,62+/m1/s1. The number of aryl methyl sites for hydroxylation is 2. The van der Waals surface area contributed by atoms with Gasteiger partial charge in [-0.25, -0.2) is 9.55 Å². The summed E-state index contributed by atoms with van der Waals surface area (Å²) < 4.78 is 32.3. The number of aliphatic imine (C=N–C) groups is 3.